The summed E-state index contributed by atoms with van der Waals surface area (Å²) in [4.78, 5) is 60.4. The molecule has 1 rings (SSSR count). The Bertz CT molecular complexity index is 695. The number of aliphatic hydroxyl groups excluding tert-OH is 2. The number of rotatable bonds is 12. The van der Waals surface area contributed by atoms with Crippen molar-refractivity contribution in [2.45, 2.75) is 63.8 Å². The molecule has 0 aromatic heterocycles. The number of hydrogen-bond acceptors (Lipinski definition) is 8. The first kappa shape index (κ1) is 27.3. The minimum absolute atomic E-state index is 0.438. The molecule has 1 aliphatic heterocycles. The van der Waals surface area contributed by atoms with Gasteiger partial charge < -0.3 is 41.9 Å². The van der Waals surface area contributed by atoms with Crippen LogP contribution in [0.2, 0.25) is 0 Å². The fraction of sp³-hybridized carbons (Fsp3) is 0.737. The van der Waals surface area contributed by atoms with Crippen molar-refractivity contribution in [1.82, 2.24) is 26.6 Å². The molecule has 0 radical (unpaired) electrons. The van der Waals surface area contributed by atoms with E-state index in [1.165, 1.54) is 6.92 Å². The van der Waals surface area contributed by atoms with E-state index in [2.05, 4.69) is 26.6 Å². The van der Waals surface area contributed by atoms with Crippen LogP contribution in [0.15, 0.2) is 0 Å². The first-order chi connectivity index (χ1) is 15.0. The van der Waals surface area contributed by atoms with E-state index in [9.17, 15) is 34.2 Å². The Labute approximate surface area is 185 Å². The van der Waals surface area contributed by atoms with Gasteiger partial charge in [-0.05, 0) is 32.2 Å². The van der Waals surface area contributed by atoms with Crippen LogP contribution in [0.1, 0.15) is 33.6 Å². The van der Waals surface area contributed by atoms with Gasteiger partial charge in [-0.3, -0.25) is 24.0 Å². The van der Waals surface area contributed by atoms with E-state index in [1.54, 1.807) is 13.8 Å². The molecule has 8 N–H and O–H groups in total. The molecule has 5 atom stereocenters. The first-order valence-corrected chi connectivity index (χ1v) is 10.4. The highest BCUT2D eigenvalue weighted by molar-refractivity contribution is 5.95. The van der Waals surface area contributed by atoms with Crippen molar-refractivity contribution in [2.24, 2.45) is 5.92 Å². The van der Waals surface area contributed by atoms with Gasteiger partial charge in [0, 0.05) is 0 Å². The minimum atomic E-state index is -1.44. The van der Waals surface area contributed by atoms with Crippen LogP contribution >= 0.6 is 0 Å². The Morgan fingerprint density at radius 2 is 1.44 bits per heavy atom. The molecule has 0 aliphatic carbocycles. The number of carbonyl (C=O) groups excluding carboxylic acids is 4. The summed E-state index contributed by atoms with van der Waals surface area (Å²) in [6.45, 7) is 3.66. The lowest BCUT2D eigenvalue weighted by Crippen LogP contribution is -2.60. The molecular weight excluding hydrogens is 426 g/mol. The molecule has 1 fully saturated rings. The van der Waals surface area contributed by atoms with Crippen LogP contribution in [0.3, 0.4) is 0 Å². The summed E-state index contributed by atoms with van der Waals surface area (Å²) in [5.41, 5.74) is 0. The van der Waals surface area contributed by atoms with Crippen LogP contribution < -0.4 is 26.6 Å². The van der Waals surface area contributed by atoms with Crippen LogP contribution in [0.5, 0.6) is 0 Å². The van der Waals surface area contributed by atoms with Crippen molar-refractivity contribution in [3.05, 3.63) is 0 Å². The zero-order valence-corrected chi connectivity index (χ0v) is 18.4. The largest absolute Gasteiger partial charge is 0.480 e. The van der Waals surface area contributed by atoms with Crippen LogP contribution in [0, 0.1) is 5.92 Å². The van der Waals surface area contributed by atoms with Crippen molar-refractivity contribution < 1.29 is 39.3 Å². The molecule has 0 bridgehead atoms. The minimum Gasteiger partial charge on any atom is -0.480 e. The topological polar surface area (TPSA) is 206 Å². The Hall–Kier alpha value is -2.77. The normalized spacial score (nSPS) is 19.4. The highest BCUT2D eigenvalue weighted by atomic mass is 16.4. The highest BCUT2D eigenvalue weighted by Crippen LogP contribution is 2.06. The second-order valence-corrected chi connectivity index (χ2v) is 7.94. The molecular formula is C19H33N5O8. The molecule has 1 heterocycles. The number of carboxylic acid groups (broad SMARTS) is 1. The van der Waals surface area contributed by atoms with Crippen molar-refractivity contribution in [1.29, 1.82) is 0 Å². The van der Waals surface area contributed by atoms with E-state index in [1.807, 2.05) is 0 Å². The molecule has 0 saturated carbocycles. The molecule has 0 aromatic carbocycles. The second-order valence-electron chi connectivity index (χ2n) is 7.94. The molecule has 1 aliphatic rings. The zero-order chi connectivity index (χ0) is 24.4. The van der Waals surface area contributed by atoms with E-state index >= 15 is 0 Å². The van der Waals surface area contributed by atoms with Crippen LogP contribution in [-0.4, -0.2) is 94.9 Å². The molecule has 0 aromatic rings. The molecule has 32 heavy (non-hydrogen) atoms. The van der Waals surface area contributed by atoms with E-state index in [-0.39, 0.29) is 0 Å². The number of aliphatic carboxylic acids is 1. The predicted molar refractivity (Wildman–Crippen MR) is 111 cm³/mol. The Morgan fingerprint density at radius 1 is 0.875 bits per heavy atom. The summed E-state index contributed by atoms with van der Waals surface area (Å²) in [5.74, 6) is -4.69. The number of hydrogen-bond donors (Lipinski definition) is 8. The van der Waals surface area contributed by atoms with Crippen molar-refractivity contribution in [3.63, 3.8) is 0 Å². The lowest BCUT2D eigenvalue weighted by molar-refractivity contribution is -0.142. The van der Waals surface area contributed by atoms with Crippen LogP contribution in [0.25, 0.3) is 0 Å². The van der Waals surface area contributed by atoms with E-state index in [0.29, 0.717) is 13.0 Å². The predicted octanol–water partition coefficient (Wildman–Crippen LogP) is -3.58. The summed E-state index contributed by atoms with van der Waals surface area (Å²) in [6, 6.07) is -5.58. The Balaban J connectivity index is 2.77. The van der Waals surface area contributed by atoms with Crippen LogP contribution in [-0.2, 0) is 24.0 Å². The molecule has 4 amide bonds. The summed E-state index contributed by atoms with van der Waals surface area (Å²) in [5, 5.41) is 40.1. The molecule has 0 spiro atoms. The zero-order valence-electron chi connectivity index (χ0n) is 18.4. The number of carboxylic acids is 1. The van der Waals surface area contributed by atoms with Gasteiger partial charge in [0.05, 0.1) is 19.3 Å². The van der Waals surface area contributed by atoms with Gasteiger partial charge >= 0.3 is 5.97 Å². The highest BCUT2D eigenvalue weighted by Gasteiger charge is 2.32. The third kappa shape index (κ3) is 8.05. The number of carbonyl (C=O) groups is 5. The lowest BCUT2D eigenvalue weighted by atomic mass is 10.0. The third-order valence-electron chi connectivity index (χ3n) is 4.98. The van der Waals surface area contributed by atoms with E-state index in [0.717, 1.165) is 6.42 Å². The Kier molecular flexibility index (Phi) is 11.0. The van der Waals surface area contributed by atoms with Gasteiger partial charge in [-0.15, -0.1) is 0 Å². The lowest BCUT2D eigenvalue weighted by Gasteiger charge is -2.27. The van der Waals surface area contributed by atoms with E-state index in [4.69, 9.17) is 5.11 Å². The summed E-state index contributed by atoms with van der Waals surface area (Å²) >= 11 is 0. The van der Waals surface area contributed by atoms with Crippen molar-refractivity contribution >= 4 is 29.6 Å². The van der Waals surface area contributed by atoms with Crippen molar-refractivity contribution in [3.8, 4) is 0 Å². The number of aliphatic hydroxyl groups is 2. The van der Waals surface area contributed by atoms with E-state index < -0.39 is 78.9 Å². The second kappa shape index (κ2) is 12.9. The Morgan fingerprint density at radius 3 is 1.91 bits per heavy atom. The fourth-order valence-electron chi connectivity index (χ4n) is 2.99. The average molecular weight is 460 g/mol. The maximum atomic E-state index is 12.7. The maximum absolute atomic E-state index is 12.7. The maximum Gasteiger partial charge on any atom is 0.325 e. The van der Waals surface area contributed by atoms with Gasteiger partial charge in [-0.1, -0.05) is 13.8 Å². The molecule has 13 nitrogen and oxygen atoms in total. The van der Waals surface area contributed by atoms with Gasteiger partial charge in [0.25, 0.3) is 0 Å². The summed E-state index contributed by atoms with van der Waals surface area (Å²) in [7, 11) is 0. The van der Waals surface area contributed by atoms with Gasteiger partial charge in [0.2, 0.25) is 23.6 Å². The van der Waals surface area contributed by atoms with Gasteiger partial charge in [0.1, 0.15) is 24.2 Å². The smallest absolute Gasteiger partial charge is 0.325 e. The molecule has 1 saturated heterocycles. The van der Waals surface area contributed by atoms with Gasteiger partial charge in [-0.2, -0.15) is 0 Å². The summed E-state index contributed by atoms with van der Waals surface area (Å²) in [6.07, 6.45) is 1.42. The third-order valence-corrected chi connectivity index (χ3v) is 4.98. The quantitative estimate of drug-likeness (QED) is 0.145. The molecule has 13 heteroatoms. The van der Waals surface area contributed by atoms with Gasteiger partial charge in [0.15, 0.2) is 0 Å². The molecule has 182 valence electrons. The first-order valence-electron chi connectivity index (χ1n) is 10.4. The molecule has 0 unspecified atom stereocenters. The standard InChI is InChI=1S/C19H33N5O8/c1-9(2)14(18(30)23-12(7-25)16(28)21-10(3)19(31)32)24-17(29)13(8-26)22-15(27)11-5-4-6-20-11/h9-14,20,25-26H,4-8H2,1-3H3,(H,21,28)(H,22,27)(H,23,30)(H,24,29)(H,31,32)/t10-,11-,12-,13-,14-/m0/s1. The monoisotopic (exact) mass is 459 g/mol. The van der Waals surface area contributed by atoms with Crippen LogP contribution in [0.4, 0.5) is 0 Å². The summed E-state index contributed by atoms with van der Waals surface area (Å²) < 4.78 is 0. The number of amides is 4. The van der Waals surface area contributed by atoms with Gasteiger partial charge in [-0.25, -0.2) is 0 Å². The SMILES string of the molecule is CC(C)[C@H](NC(=O)[C@H](CO)NC(=O)[C@@H]1CCCN1)C(=O)N[C@@H](CO)C(=O)N[C@@H](C)C(=O)O. The fourth-order valence-corrected chi connectivity index (χ4v) is 2.99. The number of nitrogens with one attached hydrogen (secondary N) is 5. The van der Waals surface area contributed by atoms with Crippen molar-refractivity contribution in [2.75, 3.05) is 19.8 Å². The average Bonchev–Trinajstić information content (AvgIpc) is 3.28.